The normalized spacial score (nSPS) is 21.1. The summed E-state index contributed by atoms with van der Waals surface area (Å²) < 4.78 is 9.60. The number of methoxy groups -OCH3 is 1. The maximum Gasteiger partial charge on any atom is 0.330 e. The number of amides is 4. The number of hydrogen-bond acceptors (Lipinski definition) is 7. The van der Waals surface area contributed by atoms with E-state index in [0.717, 1.165) is 10.5 Å². The molecule has 0 spiro atoms. The minimum atomic E-state index is -0.957. The van der Waals surface area contributed by atoms with E-state index in [4.69, 9.17) is 4.74 Å². The van der Waals surface area contributed by atoms with Crippen molar-refractivity contribution in [1.29, 1.82) is 0 Å². The number of carbonyl (C=O) groups is 5. The van der Waals surface area contributed by atoms with E-state index in [1.807, 2.05) is 30.3 Å². The number of ether oxygens (including phenoxy) is 2. The molecule has 1 aromatic carbocycles. The average molecular weight is 403 g/mol. The smallest absolute Gasteiger partial charge is 0.330 e. The lowest BCUT2D eigenvalue weighted by Crippen LogP contribution is -2.42. The van der Waals surface area contributed by atoms with Gasteiger partial charge in [0, 0.05) is 13.0 Å². The highest BCUT2D eigenvalue weighted by Crippen LogP contribution is 2.22. The van der Waals surface area contributed by atoms with Gasteiger partial charge in [0.05, 0.1) is 13.7 Å². The molecule has 2 aliphatic heterocycles. The Kier molecular flexibility index (Phi) is 6.10. The van der Waals surface area contributed by atoms with Crippen LogP contribution in [0.4, 0.5) is 4.79 Å². The second kappa shape index (κ2) is 8.72. The van der Waals surface area contributed by atoms with Gasteiger partial charge >= 0.3 is 18.0 Å². The average Bonchev–Trinajstić information content (AvgIpc) is 3.29. The van der Waals surface area contributed by atoms with Gasteiger partial charge in [-0.25, -0.2) is 14.4 Å². The van der Waals surface area contributed by atoms with Crippen LogP contribution >= 0.6 is 0 Å². The van der Waals surface area contributed by atoms with Crippen molar-refractivity contribution in [2.45, 2.75) is 31.5 Å². The molecule has 1 aromatic rings. The van der Waals surface area contributed by atoms with Crippen LogP contribution in [0.15, 0.2) is 30.3 Å². The van der Waals surface area contributed by atoms with Crippen molar-refractivity contribution in [3.63, 3.8) is 0 Å². The molecule has 2 aliphatic rings. The largest absolute Gasteiger partial charge is 0.467 e. The fraction of sp³-hybridized carbons (Fsp3) is 0.421. The third kappa shape index (κ3) is 4.53. The van der Waals surface area contributed by atoms with E-state index in [2.05, 4.69) is 10.1 Å². The number of nitrogens with zero attached hydrogens (tertiary/aromatic N) is 2. The summed E-state index contributed by atoms with van der Waals surface area (Å²) in [5.74, 6) is -2.31. The molecule has 0 aromatic heterocycles. The molecule has 2 fully saturated rings. The second-order valence-corrected chi connectivity index (χ2v) is 6.70. The number of esters is 2. The number of urea groups is 1. The summed E-state index contributed by atoms with van der Waals surface area (Å²) in [4.78, 5) is 62.4. The minimum Gasteiger partial charge on any atom is -0.467 e. The summed E-state index contributed by atoms with van der Waals surface area (Å²) in [5, 5.41) is 2.32. The summed E-state index contributed by atoms with van der Waals surface area (Å²) >= 11 is 0. The van der Waals surface area contributed by atoms with Gasteiger partial charge in [0.15, 0.2) is 6.61 Å². The third-order valence-electron chi connectivity index (χ3n) is 4.83. The zero-order chi connectivity index (χ0) is 21.0. The van der Waals surface area contributed by atoms with Gasteiger partial charge in [-0.2, -0.15) is 0 Å². The Morgan fingerprint density at radius 3 is 2.55 bits per heavy atom. The van der Waals surface area contributed by atoms with Crippen molar-refractivity contribution < 1.29 is 33.4 Å². The van der Waals surface area contributed by atoms with Crippen LogP contribution in [0.25, 0.3) is 0 Å². The van der Waals surface area contributed by atoms with Gasteiger partial charge in [-0.1, -0.05) is 30.3 Å². The zero-order valence-electron chi connectivity index (χ0n) is 15.8. The molecular formula is C19H21N3O7. The number of benzene rings is 1. The second-order valence-electron chi connectivity index (χ2n) is 6.70. The lowest BCUT2D eigenvalue weighted by Gasteiger charge is -2.23. The van der Waals surface area contributed by atoms with Gasteiger partial charge in [0.2, 0.25) is 5.91 Å². The Bertz CT molecular complexity index is 826. The van der Waals surface area contributed by atoms with E-state index in [9.17, 15) is 24.0 Å². The standard InChI is InChI=1S/C19H21N3O7/c1-28-17(25)13-10-22(19(27)20-13)16(24)11-29-18(26)14-7-8-15(23)21(14)9-12-5-3-2-4-6-12/h2-6,13-14H,7-11H2,1H3,(H,20,27)/t13-,14-/m0/s1. The van der Waals surface area contributed by atoms with Gasteiger partial charge in [-0.15, -0.1) is 0 Å². The van der Waals surface area contributed by atoms with Gasteiger partial charge in [0.1, 0.15) is 12.1 Å². The highest BCUT2D eigenvalue weighted by molar-refractivity contribution is 6.00. The molecule has 0 radical (unpaired) electrons. The van der Waals surface area contributed by atoms with Crippen molar-refractivity contribution >= 4 is 29.8 Å². The van der Waals surface area contributed by atoms with Crippen LogP contribution < -0.4 is 5.32 Å². The predicted octanol–water partition coefficient (Wildman–Crippen LogP) is -0.186. The maximum absolute atomic E-state index is 12.4. The Balaban J connectivity index is 1.55. The van der Waals surface area contributed by atoms with E-state index in [1.165, 1.54) is 12.0 Å². The van der Waals surface area contributed by atoms with Crippen LogP contribution in [0.1, 0.15) is 18.4 Å². The van der Waals surface area contributed by atoms with Crippen molar-refractivity contribution in [1.82, 2.24) is 15.1 Å². The molecule has 2 saturated heterocycles. The Morgan fingerprint density at radius 1 is 1.14 bits per heavy atom. The third-order valence-corrected chi connectivity index (χ3v) is 4.83. The first kappa shape index (κ1) is 20.3. The predicted molar refractivity (Wildman–Crippen MR) is 97.0 cm³/mol. The Hall–Kier alpha value is -3.43. The molecule has 0 aliphatic carbocycles. The van der Waals surface area contributed by atoms with Crippen LogP contribution in [-0.4, -0.2) is 71.9 Å². The van der Waals surface area contributed by atoms with E-state index < -0.39 is 42.6 Å². The van der Waals surface area contributed by atoms with E-state index >= 15 is 0 Å². The summed E-state index contributed by atoms with van der Waals surface area (Å²) in [6.45, 7) is -0.601. The molecule has 4 amide bonds. The monoisotopic (exact) mass is 403 g/mol. The maximum atomic E-state index is 12.4. The number of imide groups is 1. The first-order valence-corrected chi connectivity index (χ1v) is 9.09. The molecule has 1 N–H and O–H groups in total. The molecule has 2 heterocycles. The quantitative estimate of drug-likeness (QED) is 0.654. The van der Waals surface area contributed by atoms with Crippen LogP contribution in [-0.2, 0) is 35.2 Å². The molecular weight excluding hydrogens is 382 g/mol. The van der Waals surface area contributed by atoms with Crippen LogP contribution in [0.2, 0.25) is 0 Å². The lowest BCUT2D eigenvalue weighted by molar-refractivity contribution is -0.156. The first-order chi connectivity index (χ1) is 13.9. The number of rotatable bonds is 6. The van der Waals surface area contributed by atoms with Gasteiger partial charge in [0.25, 0.3) is 5.91 Å². The van der Waals surface area contributed by atoms with Crippen LogP contribution in [0, 0.1) is 0 Å². The van der Waals surface area contributed by atoms with Crippen molar-refractivity contribution in [3.8, 4) is 0 Å². The van der Waals surface area contributed by atoms with Crippen LogP contribution in [0.5, 0.6) is 0 Å². The van der Waals surface area contributed by atoms with E-state index in [1.54, 1.807) is 0 Å². The molecule has 0 saturated carbocycles. The topological polar surface area (TPSA) is 122 Å². The van der Waals surface area contributed by atoms with Crippen molar-refractivity contribution in [2.24, 2.45) is 0 Å². The SMILES string of the molecule is COC(=O)[C@@H]1CN(C(=O)COC(=O)[C@@H]2CCC(=O)N2Cc2ccccc2)C(=O)N1. The zero-order valence-corrected chi connectivity index (χ0v) is 15.8. The molecule has 154 valence electrons. The molecule has 29 heavy (non-hydrogen) atoms. The van der Waals surface area contributed by atoms with Crippen molar-refractivity contribution in [2.75, 3.05) is 20.3 Å². The molecule has 0 unspecified atom stereocenters. The summed E-state index contributed by atoms with van der Waals surface area (Å²) in [7, 11) is 1.17. The summed E-state index contributed by atoms with van der Waals surface area (Å²) in [5.41, 5.74) is 0.874. The number of hydrogen-bond donors (Lipinski definition) is 1. The molecule has 10 nitrogen and oxygen atoms in total. The molecule has 10 heteroatoms. The van der Waals surface area contributed by atoms with E-state index in [-0.39, 0.29) is 25.4 Å². The highest BCUT2D eigenvalue weighted by Gasteiger charge is 2.40. The molecule has 0 bridgehead atoms. The highest BCUT2D eigenvalue weighted by atomic mass is 16.5. The number of carbonyl (C=O) groups excluding carboxylic acids is 5. The molecule has 2 atom stereocenters. The fourth-order valence-electron chi connectivity index (χ4n) is 3.29. The van der Waals surface area contributed by atoms with Gasteiger partial charge in [-0.05, 0) is 12.0 Å². The van der Waals surface area contributed by atoms with E-state index in [0.29, 0.717) is 6.42 Å². The first-order valence-electron chi connectivity index (χ1n) is 9.09. The van der Waals surface area contributed by atoms with Gasteiger partial charge in [-0.3, -0.25) is 14.5 Å². The fourth-order valence-corrected chi connectivity index (χ4v) is 3.29. The minimum absolute atomic E-state index is 0.165. The summed E-state index contributed by atoms with van der Waals surface area (Å²) in [6.07, 6.45) is 0.517. The Morgan fingerprint density at radius 2 is 1.86 bits per heavy atom. The number of likely N-dealkylation sites (tertiary alicyclic amines) is 1. The van der Waals surface area contributed by atoms with Gasteiger partial charge < -0.3 is 19.7 Å². The number of nitrogens with one attached hydrogen (secondary N) is 1. The van der Waals surface area contributed by atoms with Crippen LogP contribution in [0.3, 0.4) is 0 Å². The molecule has 3 rings (SSSR count). The summed E-state index contributed by atoms with van der Waals surface area (Å²) in [6, 6.07) is 6.72. The lowest BCUT2D eigenvalue weighted by atomic mass is 10.2. The van der Waals surface area contributed by atoms with Crippen molar-refractivity contribution in [3.05, 3.63) is 35.9 Å². The Labute approximate surface area is 166 Å².